The molecule has 8 aromatic carbocycles. The standard InChI is InChI=1S/C46H23N12.C46H23N8.4C2H6/c1-2-23-3-4-24-7-10-29-32-37-44-34(36-43(32)53(19-15-50-36)45-52(18-1)38(23)39(24)56(29)45)31-12-9-26-6-5-25-8-11-30-33-35-27(47-13-14-49-35)22-28-42(33)54(20-16-48-28)46(55(44)21-17-51-37)57(30)40(25)41(26)58(31)46;1-2-23-3-4-24-7-10-32-36-30-16-21-51-44(30)37(29-15-19-49(43(29)36)45-48(18-1)39(23)40(24)52(32)45)34-12-9-26-6-5-25-8-11-33-35-28-13-17-47-31(28)22-27-14-20-50(38(27)35)46(51)53(33)41(25)42(26)54(34)46;4*1-2/h1-22,45H;1-22,45H;4*1-2H3/q+7;+3;;;;/p+1. The van der Waals surface area contributed by atoms with Crippen molar-refractivity contribution < 1.29 is 50.2 Å². The first-order valence-electron chi connectivity index (χ1n) is 42.3. The Morgan fingerprint density at radius 3 is 1.45 bits per heavy atom. The van der Waals surface area contributed by atoms with Crippen LogP contribution in [0.1, 0.15) is 68.0 Å². The number of fused-ring (bicyclic) bond motifs is 18. The number of nitrogens with one attached hydrogen (secondary N) is 1. The van der Waals surface area contributed by atoms with Crippen LogP contribution in [0.5, 0.6) is 0 Å². The van der Waals surface area contributed by atoms with E-state index in [4.69, 9.17) is 24.9 Å². The molecule has 0 fully saturated rings. The fourth-order valence-corrected chi connectivity index (χ4v) is 24.1. The smallest absolute Gasteiger partial charge is 0.361 e. The average Bonchev–Trinajstić information content (AvgIpc) is 1.45. The number of rotatable bonds is 0. The molecule has 4 unspecified atom stereocenters. The molecule has 0 saturated carbocycles. The summed E-state index contributed by atoms with van der Waals surface area (Å²) in [5, 5.41) is 14.9. The van der Waals surface area contributed by atoms with Crippen LogP contribution in [0.25, 0.3) is 243 Å². The molecular formula is C100H71N20+11. The topological polar surface area (TPSA) is 138 Å². The number of hydrogen-bond donors (Lipinski definition) is 1. The summed E-state index contributed by atoms with van der Waals surface area (Å²) >= 11 is 0. The van der Waals surface area contributed by atoms with Crippen molar-refractivity contribution in [1.82, 2.24) is 43.6 Å². The van der Waals surface area contributed by atoms with Crippen molar-refractivity contribution in [3.05, 3.63) is 269 Å². The summed E-state index contributed by atoms with van der Waals surface area (Å²) in [6.45, 7) is 16.0. The molecule has 0 aliphatic carbocycles. The van der Waals surface area contributed by atoms with E-state index >= 15 is 0 Å². The summed E-state index contributed by atoms with van der Waals surface area (Å²) < 4.78 is 35.4. The third kappa shape index (κ3) is 6.46. The lowest BCUT2D eigenvalue weighted by Crippen LogP contribution is -2.98. The van der Waals surface area contributed by atoms with Crippen molar-refractivity contribution in [2.24, 2.45) is 0 Å². The molecule has 560 valence electrons. The van der Waals surface area contributed by atoms with E-state index in [-0.39, 0.29) is 12.6 Å². The predicted molar refractivity (Wildman–Crippen MR) is 458 cm³/mol. The van der Waals surface area contributed by atoms with Gasteiger partial charge in [-0.1, -0.05) is 78.2 Å². The van der Waals surface area contributed by atoms with E-state index in [9.17, 15) is 0 Å². The number of benzene rings is 8. The summed E-state index contributed by atoms with van der Waals surface area (Å²) in [7, 11) is 0. The molecule has 20 nitrogen and oxygen atoms in total. The van der Waals surface area contributed by atoms with Crippen molar-refractivity contribution in [2.45, 2.75) is 79.8 Å². The minimum atomic E-state index is -0.973. The molecular weight excluding hydrogens is 1480 g/mol. The van der Waals surface area contributed by atoms with Gasteiger partial charge < -0.3 is 4.98 Å². The van der Waals surface area contributed by atoms with Gasteiger partial charge in [-0.25, -0.2) is 28.7 Å². The lowest BCUT2D eigenvalue weighted by atomic mass is 9.93. The van der Waals surface area contributed by atoms with Crippen LogP contribution < -0.4 is 50.2 Å². The molecule has 0 amide bonds. The van der Waals surface area contributed by atoms with Crippen LogP contribution in [-0.2, 0) is 11.8 Å². The van der Waals surface area contributed by atoms with Crippen molar-refractivity contribution in [2.75, 3.05) is 0 Å². The van der Waals surface area contributed by atoms with Crippen LogP contribution >= 0.6 is 0 Å². The summed E-state index contributed by atoms with van der Waals surface area (Å²) in [5.41, 5.74) is 36.5. The van der Waals surface area contributed by atoms with Gasteiger partial charge in [0.2, 0.25) is 52.8 Å². The highest BCUT2D eigenvalue weighted by atomic mass is 15.6. The fourth-order valence-electron chi connectivity index (χ4n) is 24.1. The number of nitrogens with zero attached hydrogens (tertiary/aromatic N) is 19. The van der Waals surface area contributed by atoms with Gasteiger partial charge in [0, 0.05) is 131 Å². The van der Waals surface area contributed by atoms with Crippen molar-refractivity contribution in [1.29, 1.82) is 0 Å². The van der Waals surface area contributed by atoms with E-state index in [1.807, 2.05) is 74.0 Å². The highest BCUT2D eigenvalue weighted by Crippen LogP contribution is 2.55. The SMILES string of the molecule is CC.CC.CC.CC.c1cc2ccc3ccc4[n+]5c3c2[n+](c1)C5[n+]1ccnc2c3c5c(ncc[n+]5C56[n+]7ccnc8cc9nccnc9c(c87)-c7ccc8ccc9ccc-3[n+]5c9c8[n+]76)c-4c21.c1cc2ccc3ccc4[n+]5c3c2[n+](c1)C5n1ccc2c3c5c(ccn5C56n7ccc8cc9[nH]ccc9c(c87)-c7ccc8ccc9ccc-3[n+]5c9c8[n+]76)c-4c21. The summed E-state index contributed by atoms with van der Waals surface area (Å²) in [6.07, 6.45) is 29.4. The second kappa shape index (κ2) is 21.2. The zero-order valence-corrected chi connectivity index (χ0v) is 66.6. The second-order valence-electron chi connectivity index (χ2n) is 32.0. The number of pyridine rings is 8. The molecule has 20 heteroatoms. The van der Waals surface area contributed by atoms with Gasteiger partial charge in [-0.15, -0.1) is 9.13 Å². The largest absolute Gasteiger partial charge is 0.770 e. The van der Waals surface area contributed by atoms with Gasteiger partial charge in [0.05, 0.1) is 100 Å². The molecule has 2 spiro atoms. The highest BCUT2D eigenvalue weighted by Gasteiger charge is 2.83. The molecule has 10 aliphatic heterocycles. The Labute approximate surface area is 680 Å². The number of hydrogen-bond acceptors (Lipinski definition) is 5. The van der Waals surface area contributed by atoms with Crippen LogP contribution in [0.15, 0.2) is 269 Å². The van der Waals surface area contributed by atoms with Crippen molar-refractivity contribution >= 4 is 175 Å². The molecule has 4 atom stereocenters. The van der Waals surface area contributed by atoms with Crippen LogP contribution in [0, 0.1) is 0 Å². The van der Waals surface area contributed by atoms with E-state index in [0.29, 0.717) is 0 Å². The third-order valence-electron chi connectivity index (χ3n) is 27.7. The maximum absolute atomic E-state index is 5.39. The second-order valence-corrected chi connectivity index (χ2v) is 32.0. The van der Waals surface area contributed by atoms with Gasteiger partial charge >= 0.3 is 35.4 Å². The molecule has 0 radical (unpaired) electrons. The molecule has 0 bridgehead atoms. The van der Waals surface area contributed by atoms with Crippen molar-refractivity contribution in [3.8, 4) is 67.5 Å². The van der Waals surface area contributed by atoms with Crippen molar-refractivity contribution in [3.63, 3.8) is 0 Å². The fraction of sp³-hybridized carbons (Fsp3) is 0.120. The first-order valence-corrected chi connectivity index (χ1v) is 42.3. The maximum atomic E-state index is 5.39. The number of aromatic nitrogens is 20. The Morgan fingerprint density at radius 1 is 0.317 bits per heavy atom. The van der Waals surface area contributed by atoms with Crippen LogP contribution in [-0.4, -0.2) is 43.6 Å². The summed E-state index contributed by atoms with van der Waals surface area (Å²) in [4.78, 5) is 29.0. The molecule has 1 N–H and O–H groups in total. The summed E-state index contributed by atoms with van der Waals surface area (Å²) in [5.74, 6) is -1.72. The Hall–Kier alpha value is -15.4. The van der Waals surface area contributed by atoms with E-state index in [1.54, 1.807) is 12.4 Å². The van der Waals surface area contributed by atoms with Gasteiger partial charge in [0.15, 0.2) is 34.6 Å². The lowest BCUT2D eigenvalue weighted by Gasteiger charge is -2.32. The van der Waals surface area contributed by atoms with E-state index in [2.05, 4.69) is 307 Å². The van der Waals surface area contributed by atoms with Crippen LogP contribution in [0.3, 0.4) is 0 Å². The maximum Gasteiger partial charge on any atom is 0.770 e. The predicted octanol–water partition coefficient (Wildman–Crippen LogP) is 14.5. The minimum absolute atomic E-state index is 0.00820. The molecule has 34 rings (SSSR count). The first-order chi connectivity index (χ1) is 59.6. The molecule has 24 aromatic rings. The molecule has 0 saturated heterocycles. The zero-order valence-electron chi connectivity index (χ0n) is 66.6. The molecule has 10 aliphatic rings. The van der Waals surface area contributed by atoms with E-state index in [0.717, 1.165) is 99.7 Å². The van der Waals surface area contributed by atoms with Crippen LogP contribution in [0.2, 0.25) is 0 Å². The Balaban J connectivity index is 0.000000113. The van der Waals surface area contributed by atoms with E-state index in [1.165, 1.54) is 143 Å². The average molecular weight is 1550 g/mol. The van der Waals surface area contributed by atoms with Gasteiger partial charge in [0.25, 0.3) is 49.7 Å². The number of H-pyrrole nitrogens is 1. The van der Waals surface area contributed by atoms with Gasteiger partial charge in [-0.3, -0.25) is 9.97 Å². The van der Waals surface area contributed by atoms with Crippen LogP contribution in [0.4, 0.5) is 0 Å². The quantitative estimate of drug-likeness (QED) is 0.0915. The normalized spacial score (nSPS) is 17.2. The minimum Gasteiger partial charge on any atom is -0.361 e. The number of aromatic amines is 1. The summed E-state index contributed by atoms with van der Waals surface area (Å²) in [6, 6.07) is 68.5. The zero-order chi connectivity index (χ0) is 79.0. The van der Waals surface area contributed by atoms with Gasteiger partial charge in [-0.2, -0.15) is 0 Å². The third-order valence-corrected chi connectivity index (χ3v) is 27.7. The van der Waals surface area contributed by atoms with Gasteiger partial charge in [0.1, 0.15) is 16.6 Å². The molecule has 120 heavy (non-hydrogen) atoms. The molecule has 26 heterocycles. The Kier molecular flexibility index (Phi) is 11.3. The monoisotopic (exact) mass is 1550 g/mol. The van der Waals surface area contributed by atoms with Gasteiger partial charge in [-0.05, 0) is 133 Å². The Morgan fingerprint density at radius 2 is 0.775 bits per heavy atom. The van der Waals surface area contributed by atoms with E-state index < -0.39 is 11.8 Å². The Bertz CT molecular complexity index is 9230. The highest BCUT2D eigenvalue weighted by molar-refractivity contribution is 6.22. The molecule has 16 aromatic heterocycles. The first kappa shape index (κ1) is 63.8. The lowest BCUT2D eigenvalue weighted by molar-refractivity contribution is -1.29.